The third-order valence-electron chi connectivity index (χ3n) is 14.2. The molecule has 0 radical (unpaired) electrons. The lowest BCUT2D eigenvalue weighted by atomic mass is 10.0. The van der Waals surface area contributed by atoms with Crippen LogP contribution in [0.2, 0.25) is 0 Å². The van der Waals surface area contributed by atoms with Crippen LogP contribution in [0.25, 0.3) is 0 Å². The maximum atomic E-state index is 13.5. The summed E-state index contributed by atoms with van der Waals surface area (Å²) in [7, 11) is 1.16. The molecule has 0 aliphatic rings. The van der Waals surface area contributed by atoms with Crippen LogP contribution in [0.3, 0.4) is 0 Å². The minimum absolute atomic E-state index is 0.0301. The van der Waals surface area contributed by atoms with E-state index in [9.17, 15) is 19.0 Å². The second-order valence-electron chi connectivity index (χ2n) is 23.2. The highest BCUT2D eigenvalue weighted by molar-refractivity contribution is 7.45. The van der Waals surface area contributed by atoms with E-state index in [0.29, 0.717) is 17.4 Å². The Kier molecular flexibility index (Phi) is 57.4. The molecular weight excluding hydrogens is 1020 g/mol. The van der Waals surface area contributed by atoms with Gasteiger partial charge in [-0.15, -0.1) is 0 Å². The van der Waals surface area contributed by atoms with Gasteiger partial charge in [0.25, 0.3) is 7.82 Å². The lowest BCUT2D eigenvalue weighted by Crippen LogP contribution is -2.47. The first-order valence-electron chi connectivity index (χ1n) is 33.2. The Hall–Kier alpha value is -3.33. The summed E-state index contributed by atoms with van der Waals surface area (Å²) in [4.78, 5) is 40.1. The zero-order chi connectivity index (χ0) is 59.3. The molecule has 0 spiro atoms. The fourth-order valence-corrected chi connectivity index (χ4v) is 9.87. The Morgan fingerprint density at radius 3 is 1.19 bits per heavy atom. The predicted molar refractivity (Wildman–Crippen MR) is 348 cm³/mol. The molecule has 3 unspecified atom stereocenters. The van der Waals surface area contributed by atoms with Gasteiger partial charge in [0.05, 0.1) is 33.8 Å². The number of carbonyl (C=O) groups excluding carboxylic acids is 2. The molecule has 466 valence electrons. The molecule has 10 heteroatoms. The molecule has 0 bridgehead atoms. The van der Waals surface area contributed by atoms with Gasteiger partial charge in [-0.2, -0.15) is 0 Å². The van der Waals surface area contributed by atoms with Crippen molar-refractivity contribution in [2.24, 2.45) is 0 Å². The first-order chi connectivity index (χ1) is 39.4. The van der Waals surface area contributed by atoms with E-state index in [1.165, 1.54) is 96.3 Å². The number of likely N-dealkylation sites (N-methyl/N-ethyl adjacent to an activating group) is 1. The van der Waals surface area contributed by atoms with Gasteiger partial charge in [0.2, 0.25) is 5.91 Å². The van der Waals surface area contributed by atoms with Gasteiger partial charge in [-0.3, -0.25) is 14.2 Å². The van der Waals surface area contributed by atoms with E-state index in [2.05, 4.69) is 123 Å². The number of unbranched alkanes of at least 4 members (excludes halogenated alkanes) is 27. The van der Waals surface area contributed by atoms with Gasteiger partial charge in [-0.05, 0) is 109 Å². The summed E-state index contributed by atoms with van der Waals surface area (Å²) in [5.74, 6) is -0.561. The van der Waals surface area contributed by atoms with E-state index in [1.54, 1.807) is 0 Å². The number of phosphoric acid groups is 1. The Morgan fingerprint density at radius 1 is 0.444 bits per heavy atom. The molecule has 0 fully saturated rings. The number of amides is 1. The molecule has 0 saturated carbocycles. The van der Waals surface area contributed by atoms with Crippen molar-refractivity contribution < 1.29 is 37.3 Å². The van der Waals surface area contributed by atoms with Crippen molar-refractivity contribution in [2.75, 3.05) is 40.9 Å². The molecule has 3 atom stereocenters. The summed E-state index contributed by atoms with van der Waals surface area (Å²) in [6.45, 7) is 6.61. The predicted octanol–water partition coefficient (Wildman–Crippen LogP) is 20.3. The fourth-order valence-electron chi connectivity index (χ4n) is 9.15. The molecule has 0 aromatic carbocycles. The van der Waals surface area contributed by atoms with Crippen LogP contribution in [0.5, 0.6) is 0 Å². The zero-order valence-electron chi connectivity index (χ0n) is 53.2. The Bertz CT molecular complexity index is 1750. The molecule has 81 heavy (non-hydrogen) atoms. The molecule has 0 rings (SSSR count). The average molecular weight is 1150 g/mol. The van der Waals surface area contributed by atoms with Crippen molar-refractivity contribution in [2.45, 2.75) is 290 Å². The Balaban J connectivity index is 5.11. The number of allylic oxidation sites excluding steroid dienone is 17. The zero-order valence-corrected chi connectivity index (χ0v) is 54.1. The van der Waals surface area contributed by atoms with Crippen LogP contribution in [-0.4, -0.2) is 69.4 Å². The first-order valence-corrected chi connectivity index (χ1v) is 34.7. The van der Waals surface area contributed by atoms with E-state index >= 15 is 0 Å². The normalized spacial score (nSPS) is 14.3. The minimum Gasteiger partial charge on any atom is -0.756 e. The molecule has 0 aliphatic heterocycles. The van der Waals surface area contributed by atoms with Gasteiger partial charge in [-0.25, -0.2) is 0 Å². The third-order valence-corrected chi connectivity index (χ3v) is 15.2. The van der Waals surface area contributed by atoms with Gasteiger partial charge < -0.3 is 28.5 Å². The molecule has 1 amide bonds. The van der Waals surface area contributed by atoms with E-state index in [4.69, 9.17) is 13.8 Å². The van der Waals surface area contributed by atoms with Crippen LogP contribution >= 0.6 is 7.82 Å². The highest BCUT2D eigenvalue weighted by Crippen LogP contribution is 2.38. The van der Waals surface area contributed by atoms with Gasteiger partial charge in [0, 0.05) is 12.8 Å². The molecule has 9 nitrogen and oxygen atoms in total. The Labute approximate surface area is 500 Å². The maximum Gasteiger partial charge on any atom is 0.306 e. The fraction of sp³-hybridized carbons (Fsp3) is 0.718. The molecule has 0 heterocycles. The smallest absolute Gasteiger partial charge is 0.306 e. The van der Waals surface area contributed by atoms with Crippen LogP contribution in [0, 0.1) is 0 Å². The van der Waals surface area contributed by atoms with Gasteiger partial charge in [-0.1, -0.05) is 265 Å². The summed E-state index contributed by atoms with van der Waals surface area (Å²) in [5.41, 5.74) is 0. The molecule has 0 aromatic rings. The van der Waals surface area contributed by atoms with Crippen molar-refractivity contribution in [3.05, 3.63) is 109 Å². The molecule has 0 aliphatic carbocycles. The lowest BCUT2D eigenvalue weighted by Gasteiger charge is -2.30. The number of carbonyl (C=O) groups is 2. The van der Waals surface area contributed by atoms with Crippen LogP contribution in [0.4, 0.5) is 0 Å². The van der Waals surface area contributed by atoms with Crippen molar-refractivity contribution in [1.29, 1.82) is 0 Å². The molecular formula is C71H125N2O7P. The number of nitrogens with zero attached hydrogens (tertiary/aromatic N) is 1. The molecule has 1 N–H and O–H groups in total. The van der Waals surface area contributed by atoms with Gasteiger partial charge >= 0.3 is 5.97 Å². The SMILES string of the molecule is CC/C=C\C/C=C\C/C=C\C/C=C\C/C=C\CCCCCCCCCCCCCC(=O)OC(/C=C\CCCCCCCCCCCC)C(COP(=O)([O-])OCC[N+](C)(C)C)NC(=O)CCCCCCCC/C=C/C/C=C/C/C=C/CC. The summed E-state index contributed by atoms with van der Waals surface area (Å²) < 4.78 is 30.4. The summed E-state index contributed by atoms with van der Waals surface area (Å²) in [5, 5.41) is 3.02. The molecule has 0 saturated heterocycles. The second kappa shape index (κ2) is 59.8. The number of esters is 1. The maximum absolute atomic E-state index is 13.5. The Morgan fingerprint density at radius 2 is 0.790 bits per heavy atom. The van der Waals surface area contributed by atoms with Crippen molar-refractivity contribution in [3.63, 3.8) is 0 Å². The summed E-state index contributed by atoms with van der Waals surface area (Å²) in [6.07, 6.45) is 82.0. The third kappa shape index (κ3) is 61.1. The number of quaternary nitrogens is 1. The average Bonchev–Trinajstić information content (AvgIpc) is 3.44. The van der Waals surface area contributed by atoms with Crippen LogP contribution < -0.4 is 10.2 Å². The summed E-state index contributed by atoms with van der Waals surface area (Å²) >= 11 is 0. The number of hydrogen-bond acceptors (Lipinski definition) is 7. The van der Waals surface area contributed by atoms with E-state index in [0.717, 1.165) is 148 Å². The largest absolute Gasteiger partial charge is 0.756 e. The van der Waals surface area contributed by atoms with Crippen molar-refractivity contribution in [3.8, 4) is 0 Å². The quantitative estimate of drug-likeness (QED) is 0.0212. The van der Waals surface area contributed by atoms with Gasteiger partial charge in [0.1, 0.15) is 19.3 Å². The lowest BCUT2D eigenvalue weighted by molar-refractivity contribution is -0.870. The first kappa shape index (κ1) is 77.7. The van der Waals surface area contributed by atoms with Crippen LogP contribution in [-0.2, 0) is 27.9 Å². The molecule has 0 aromatic heterocycles. The number of ether oxygens (including phenoxy) is 1. The second-order valence-corrected chi connectivity index (χ2v) is 24.6. The monoisotopic (exact) mass is 1150 g/mol. The van der Waals surface area contributed by atoms with Crippen molar-refractivity contribution in [1.82, 2.24) is 5.32 Å². The number of nitrogens with one attached hydrogen (secondary N) is 1. The minimum atomic E-state index is -4.71. The van der Waals surface area contributed by atoms with Crippen molar-refractivity contribution >= 4 is 19.7 Å². The van der Waals surface area contributed by atoms with E-state index in [-0.39, 0.29) is 24.9 Å². The van der Waals surface area contributed by atoms with Crippen LogP contribution in [0.1, 0.15) is 278 Å². The number of rotatable bonds is 59. The van der Waals surface area contributed by atoms with E-state index in [1.807, 2.05) is 33.3 Å². The number of hydrogen-bond donors (Lipinski definition) is 1. The van der Waals surface area contributed by atoms with Gasteiger partial charge in [0.15, 0.2) is 0 Å². The standard InChI is InChI=1S/C71H125N2O7P/c1-7-10-13-16-19-22-25-28-30-32-33-34-35-36-37-38-39-40-41-42-44-46-49-52-55-58-61-64-71(75)80-69(62-59-56-53-50-47-27-24-21-18-15-12-9-3)68(67-79-81(76,77)78-66-65-73(4,5)6)72-70(74)63-60-57-54-51-48-45-43-31-29-26-23-20-17-14-11-8-2/h10-11,13-14,19-20,22-23,28-31,33-34,36-37,59,62,68-69H,7-9,12,15-18,21,24-27,32,35,38-58,60-61,63-67H2,1-6H3,(H-,72,74,76,77)/b13-10-,14-11+,22-19-,23-20+,30-28-,31-29+,34-33-,37-36-,62-59-. The highest BCUT2D eigenvalue weighted by Gasteiger charge is 2.27. The topological polar surface area (TPSA) is 114 Å². The number of phosphoric ester groups is 1. The highest BCUT2D eigenvalue weighted by atomic mass is 31.2. The van der Waals surface area contributed by atoms with Crippen LogP contribution in [0.15, 0.2) is 109 Å². The van der Waals surface area contributed by atoms with E-state index < -0.39 is 26.6 Å². The summed E-state index contributed by atoms with van der Waals surface area (Å²) in [6, 6.07) is -0.903.